The molecule has 2 amide bonds. The molecular weight excluding hydrogens is 408 g/mol. The van der Waals surface area contributed by atoms with Gasteiger partial charge < -0.3 is 36.8 Å². The van der Waals surface area contributed by atoms with E-state index in [9.17, 15) is 19.2 Å². The Morgan fingerprint density at radius 1 is 1.23 bits per heavy atom. The molecule has 0 saturated carbocycles. The molecule has 10 heteroatoms. The number of thiophene rings is 1. The van der Waals surface area contributed by atoms with Crippen molar-refractivity contribution in [2.24, 2.45) is 11.5 Å². The summed E-state index contributed by atoms with van der Waals surface area (Å²) in [5.41, 5.74) is 11.3. The number of carbonyl (C=O) groups is 4. The number of likely N-dealkylation sites (N-methyl/N-ethyl adjacent to an activating group) is 1. The maximum Gasteiger partial charge on any atom is 0.234 e. The number of aliphatic hydroxyl groups is 1. The molecule has 2 rings (SSSR count). The second-order valence-corrected chi connectivity index (χ2v) is 6.57. The number of hydrogen-bond acceptors (Lipinski definition) is 8. The van der Waals surface area contributed by atoms with Gasteiger partial charge in [0.25, 0.3) is 0 Å². The van der Waals surface area contributed by atoms with Crippen LogP contribution < -0.4 is 22.1 Å². The van der Waals surface area contributed by atoms with Gasteiger partial charge >= 0.3 is 0 Å². The van der Waals surface area contributed by atoms with Gasteiger partial charge in [0.1, 0.15) is 12.6 Å². The number of nitrogens with two attached hydrogens (primary N) is 2. The van der Waals surface area contributed by atoms with Crippen molar-refractivity contribution in [2.75, 3.05) is 27.2 Å². The smallest absolute Gasteiger partial charge is 0.234 e. The molecule has 168 valence electrons. The minimum absolute atomic E-state index is 0.0637. The molecule has 1 heterocycles. The molecule has 0 fully saturated rings. The van der Waals surface area contributed by atoms with E-state index in [2.05, 4.69) is 47.2 Å². The molecule has 0 radical (unpaired) electrons. The molecule has 0 bridgehead atoms. The van der Waals surface area contributed by atoms with E-state index >= 15 is 0 Å². The van der Waals surface area contributed by atoms with E-state index in [4.69, 9.17) is 16.6 Å². The summed E-state index contributed by atoms with van der Waals surface area (Å²) in [6.07, 6.45) is 1.65. The third kappa shape index (κ3) is 14.4. The van der Waals surface area contributed by atoms with Crippen LogP contribution in [0.15, 0.2) is 29.6 Å². The lowest BCUT2D eigenvalue weighted by molar-refractivity contribution is -0.123. The number of primary amides is 1. The Bertz CT molecular complexity index is 752. The van der Waals surface area contributed by atoms with Gasteiger partial charge in [-0.1, -0.05) is 18.2 Å². The normalized spacial score (nSPS) is 10.0. The standard InChI is InChI=1S/C9H8S.C7H13N3O3.C3H7NO.CH4O/c1-7-6-10-9-5-3-2-4-8(7)9;8-3-7(13)10-5(4-11)1-2-6(9)12;1-4-2-3-5;1-2/h2-6H,1H3;4-5H,1-3,8H2,(H2,9,12)(H,10,13);3-4H,2H2,1H3;2H,1H3. The molecule has 0 spiro atoms. The topological polar surface area (TPSA) is 165 Å². The molecule has 0 aliphatic heterocycles. The molecular formula is C20H32N4O5S. The Labute approximate surface area is 180 Å². The van der Waals surface area contributed by atoms with E-state index in [1.165, 1.54) is 15.6 Å². The van der Waals surface area contributed by atoms with Crippen LogP contribution in [0, 0.1) is 6.92 Å². The van der Waals surface area contributed by atoms with Crippen LogP contribution in [0.1, 0.15) is 18.4 Å². The highest BCUT2D eigenvalue weighted by molar-refractivity contribution is 7.17. The van der Waals surface area contributed by atoms with Crippen molar-refractivity contribution in [3.8, 4) is 0 Å². The average molecular weight is 441 g/mol. The highest BCUT2D eigenvalue weighted by Crippen LogP contribution is 2.24. The fourth-order valence-electron chi connectivity index (χ4n) is 1.93. The van der Waals surface area contributed by atoms with E-state index in [1.807, 2.05) is 11.3 Å². The van der Waals surface area contributed by atoms with Crippen molar-refractivity contribution in [2.45, 2.75) is 25.8 Å². The average Bonchev–Trinajstić information content (AvgIpc) is 3.15. The number of aryl methyl sites for hydroxylation is 1. The molecule has 0 aliphatic rings. The maximum atomic E-state index is 10.7. The number of amides is 2. The van der Waals surface area contributed by atoms with Crippen LogP contribution in [-0.2, 0) is 19.2 Å². The van der Waals surface area contributed by atoms with Gasteiger partial charge in [0.2, 0.25) is 11.8 Å². The van der Waals surface area contributed by atoms with Gasteiger partial charge in [-0.25, -0.2) is 0 Å². The van der Waals surface area contributed by atoms with Gasteiger partial charge in [-0.15, -0.1) is 11.3 Å². The van der Waals surface area contributed by atoms with E-state index in [-0.39, 0.29) is 19.4 Å². The lowest BCUT2D eigenvalue weighted by Gasteiger charge is -2.10. The first-order chi connectivity index (χ1) is 14.4. The van der Waals surface area contributed by atoms with Crippen LogP contribution >= 0.6 is 11.3 Å². The van der Waals surface area contributed by atoms with Crippen molar-refractivity contribution < 1.29 is 24.3 Å². The molecule has 0 saturated heterocycles. The number of fused-ring (bicyclic) bond motifs is 1. The summed E-state index contributed by atoms with van der Waals surface area (Å²) in [5.74, 6) is -0.935. The van der Waals surface area contributed by atoms with E-state index in [0.29, 0.717) is 12.8 Å². The van der Waals surface area contributed by atoms with Gasteiger partial charge in [0, 0.05) is 18.2 Å². The monoisotopic (exact) mass is 440 g/mol. The molecule has 30 heavy (non-hydrogen) atoms. The largest absolute Gasteiger partial charge is 0.400 e. The molecule has 1 atom stereocenters. The van der Waals surface area contributed by atoms with E-state index in [1.54, 1.807) is 7.05 Å². The maximum absolute atomic E-state index is 10.7. The predicted molar refractivity (Wildman–Crippen MR) is 120 cm³/mol. The van der Waals surface area contributed by atoms with Gasteiger partial charge in [-0.2, -0.15) is 0 Å². The van der Waals surface area contributed by atoms with Crippen molar-refractivity contribution >= 4 is 45.8 Å². The second-order valence-electron chi connectivity index (χ2n) is 5.66. The first kappa shape index (κ1) is 29.5. The number of rotatable bonds is 8. The van der Waals surface area contributed by atoms with Crippen molar-refractivity contribution in [1.29, 1.82) is 0 Å². The third-order valence-electron chi connectivity index (χ3n) is 3.36. The third-order valence-corrected chi connectivity index (χ3v) is 4.44. The summed E-state index contributed by atoms with van der Waals surface area (Å²) in [7, 11) is 2.73. The highest BCUT2D eigenvalue weighted by Gasteiger charge is 2.10. The number of aliphatic hydroxyl groups excluding tert-OH is 1. The summed E-state index contributed by atoms with van der Waals surface area (Å²) in [6, 6.07) is 7.82. The minimum atomic E-state index is -0.677. The number of hydrogen-bond donors (Lipinski definition) is 5. The fraction of sp³-hybridized carbons (Fsp3) is 0.400. The van der Waals surface area contributed by atoms with Crippen LogP contribution in [0.4, 0.5) is 0 Å². The summed E-state index contributed by atoms with van der Waals surface area (Å²) >= 11 is 1.81. The second kappa shape index (κ2) is 19.6. The van der Waals surface area contributed by atoms with Crippen molar-refractivity contribution in [3.63, 3.8) is 0 Å². The van der Waals surface area contributed by atoms with Crippen LogP contribution in [0.3, 0.4) is 0 Å². The highest BCUT2D eigenvalue weighted by atomic mass is 32.1. The number of benzene rings is 1. The summed E-state index contributed by atoms with van der Waals surface area (Å²) in [5, 5.41) is 15.6. The van der Waals surface area contributed by atoms with Gasteiger partial charge in [0.05, 0.1) is 19.1 Å². The number of carbonyl (C=O) groups excluding carboxylic acids is 4. The van der Waals surface area contributed by atoms with Crippen LogP contribution in [0.2, 0.25) is 0 Å². The Hall–Kier alpha value is -2.66. The Balaban J connectivity index is 0. The van der Waals surface area contributed by atoms with Gasteiger partial charge in [-0.05, 0) is 42.8 Å². The molecule has 2 aromatic rings. The van der Waals surface area contributed by atoms with Crippen molar-refractivity contribution in [1.82, 2.24) is 10.6 Å². The minimum Gasteiger partial charge on any atom is -0.400 e. The summed E-state index contributed by atoms with van der Waals surface area (Å²) < 4.78 is 1.39. The van der Waals surface area contributed by atoms with Crippen molar-refractivity contribution in [3.05, 3.63) is 35.2 Å². The Kier molecular flexibility index (Phi) is 19.3. The molecule has 7 N–H and O–H groups in total. The van der Waals surface area contributed by atoms with E-state index < -0.39 is 17.9 Å². The van der Waals surface area contributed by atoms with E-state index in [0.717, 1.165) is 13.4 Å². The summed E-state index contributed by atoms with van der Waals surface area (Å²) in [6.45, 7) is 2.43. The zero-order valence-corrected chi connectivity index (χ0v) is 18.4. The van der Waals surface area contributed by atoms with Gasteiger partial charge in [-0.3, -0.25) is 9.59 Å². The van der Waals surface area contributed by atoms with Crippen LogP contribution in [0.25, 0.3) is 10.1 Å². The van der Waals surface area contributed by atoms with Gasteiger partial charge in [0.15, 0.2) is 0 Å². The Morgan fingerprint density at radius 2 is 1.87 bits per heavy atom. The summed E-state index contributed by atoms with van der Waals surface area (Å²) in [4.78, 5) is 40.8. The SMILES string of the molecule is CNCC=O.CO.Cc1csc2ccccc12.NCC(=O)NC(C=O)CCC(N)=O. The van der Waals surface area contributed by atoms with Crippen LogP contribution in [-0.4, -0.2) is 62.8 Å². The molecule has 0 aliphatic carbocycles. The number of nitrogens with one attached hydrogen (secondary N) is 2. The molecule has 1 aromatic carbocycles. The fourth-order valence-corrected chi connectivity index (χ4v) is 2.88. The lowest BCUT2D eigenvalue weighted by atomic mass is 10.1. The zero-order valence-electron chi connectivity index (χ0n) is 17.6. The first-order valence-corrected chi connectivity index (χ1v) is 9.96. The quantitative estimate of drug-likeness (QED) is 0.364. The number of aldehydes is 2. The van der Waals surface area contributed by atoms with Crippen LogP contribution in [0.5, 0.6) is 0 Å². The molecule has 1 aromatic heterocycles. The zero-order chi connectivity index (χ0) is 23.4. The molecule has 1 unspecified atom stereocenters. The lowest BCUT2D eigenvalue weighted by Crippen LogP contribution is -2.40. The first-order valence-electron chi connectivity index (χ1n) is 9.08. The Morgan fingerprint density at radius 3 is 2.30 bits per heavy atom. The molecule has 9 nitrogen and oxygen atoms in total. The predicted octanol–water partition coefficient (Wildman–Crippen LogP) is 0.117.